The fourth-order valence-corrected chi connectivity index (χ4v) is 1.17. The molecule has 0 spiro atoms. The largest absolute Gasteiger partial charge is 0.453 e. The Morgan fingerprint density at radius 1 is 1.28 bits per heavy atom. The molecule has 5 heteroatoms. The summed E-state index contributed by atoms with van der Waals surface area (Å²) in [5.74, 6) is -0.537. The molecule has 0 radical (unpaired) electrons. The van der Waals surface area contributed by atoms with Crippen molar-refractivity contribution in [3.63, 3.8) is 0 Å². The summed E-state index contributed by atoms with van der Waals surface area (Å²) < 4.78 is 9.59. The van der Waals surface area contributed by atoms with Gasteiger partial charge in [0.05, 0.1) is 20.3 Å². The second-order valence-corrected chi connectivity index (χ2v) is 3.38. The number of benzene rings is 1. The van der Waals surface area contributed by atoms with Gasteiger partial charge in [-0.25, -0.2) is 4.79 Å². The van der Waals surface area contributed by atoms with Crippen molar-refractivity contribution in [3.05, 3.63) is 48.0 Å². The maximum Gasteiger partial charge on any atom is 0.413 e. The molecule has 0 unspecified atom stereocenters. The Hall–Kier alpha value is -2.14. The predicted octanol–water partition coefficient (Wildman–Crippen LogP) is 1.64. The van der Waals surface area contributed by atoms with Crippen LogP contribution >= 0.6 is 0 Å². The van der Waals surface area contributed by atoms with Crippen LogP contribution in [0.4, 0.5) is 4.79 Å². The number of methoxy groups -OCH3 is 1. The van der Waals surface area contributed by atoms with Crippen molar-refractivity contribution in [1.82, 2.24) is 5.32 Å². The summed E-state index contributed by atoms with van der Waals surface area (Å²) in [4.78, 5) is 21.8. The summed E-state index contributed by atoms with van der Waals surface area (Å²) in [5.41, 5.74) is 1.06. The molecule has 0 atom stereocenters. The first-order chi connectivity index (χ1) is 8.72. The topological polar surface area (TPSA) is 64.6 Å². The quantitative estimate of drug-likeness (QED) is 0.636. The molecular formula is C13H15NO4. The van der Waals surface area contributed by atoms with Crippen molar-refractivity contribution < 1.29 is 19.1 Å². The molecule has 0 heterocycles. The van der Waals surface area contributed by atoms with Gasteiger partial charge < -0.3 is 9.47 Å². The summed E-state index contributed by atoms with van der Waals surface area (Å²) in [5, 5.41) is 2.00. The van der Waals surface area contributed by atoms with Gasteiger partial charge in [-0.2, -0.15) is 0 Å². The molecule has 1 aromatic rings. The molecule has 0 aliphatic heterocycles. The lowest BCUT2D eigenvalue weighted by molar-refractivity contribution is -0.115. The van der Waals surface area contributed by atoms with Crippen molar-refractivity contribution in [2.45, 2.75) is 6.61 Å². The van der Waals surface area contributed by atoms with E-state index in [1.807, 2.05) is 35.6 Å². The van der Waals surface area contributed by atoms with E-state index in [9.17, 15) is 9.59 Å². The normalized spacial score (nSPS) is 10.3. The predicted molar refractivity (Wildman–Crippen MR) is 65.8 cm³/mol. The van der Waals surface area contributed by atoms with E-state index in [0.29, 0.717) is 13.2 Å². The van der Waals surface area contributed by atoms with Gasteiger partial charge in [-0.1, -0.05) is 36.4 Å². The SMILES string of the molecule is COC(=O)NC(=O)/C=C/COCc1ccccc1. The smallest absolute Gasteiger partial charge is 0.413 e. The summed E-state index contributed by atoms with van der Waals surface area (Å²) >= 11 is 0. The van der Waals surface area contributed by atoms with Crippen LogP contribution in [0, 0.1) is 0 Å². The number of rotatable bonds is 5. The average molecular weight is 249 g/mol. The summed E-state index contributed by atoms with van der Waals surface area (Å²) in [6, 6.07) is 9.69. The average Bonchev–Trinajstić information content (AvgIpc) is 2.39. The zero-order chi connectivity index (χ0) is 13.2. The molecule has 18 heavy (non-hydrogen) atoms. The highest BCUT2D eigenvalue weighted by atomic mass is 16.5. The van der Waals surface area contributed by atoms with Crippen LogP contribution in [0.5, 0.6) is 0 Å². The molecule has 0 aromatic heterocycles. The Labute approximate surface area is 105 Å². The van der Waals surface area contributed by atoms with E-state index in [-0.39, 0.29) is 0 Å². The highest BCUT2D eigenvalue weighted by molar-refractivity contribution is 5.98. The molecule has 96 valence electrons. The van der Waals surface area contributed by atoms with E-state index < -0.39 is 12.0 Å². The minimum Gasteiger partial charge on any atom is -0.453 e. The van der Waals surface area contributed by atoms with Crippen LogP contribution in [0.3, 0.4) is 0 Å². The third-order valence-corrected chi connectivity index (χ3v) is 2.01. The first kappa shape index (κ1) is 13.9. The minimum atomic E-state index is -0.783. The first-order valence-electron chi connectivity index (χ1n) is 5.39. The molecule has 1 aromatic carbocycles. The van der Waals surface area contributed by atoms with Gasteiger partial charge in [-0.15, -0.1) is 0 Å². The van der Waals surface area contributed by atoms with Crippen LogP contribution in [0.25, 0.3) is 0 Å². The number of ether oxygens (including phenoxy) is 2. The van der Waals surface area contributed by atoms with Gasteiger partial charge in [-0.05, 0) is 5.56 Å². The van der Waals surface area contributed by atoms with E-state index in [1.54, 1.807) is 0 Å². The molecule has 0 aliphatic rings. The molecule has 0 saturated heterocycles. The number of amides is 2. The van der Waals surface area contributed by atoms with Gasteiger partial charge in [0.25, 0.3) is 5.91 Å². The van der Waals surface area contributed by atoms with Gasteiger partial charge in [0, 0.05) is 6.08 Å². The summed E-state index contributed by atoms with van der Waals surface area (Å²) in [6.45, 7) is 0.771. The molecule has 0 aliphatic carbocycles. The maximum absolute atomic E-state index is 11.1. The van der Waals surface area contributed by atoms with Gasteiger partial charge >= 0.3 is 6.09 Å². The third-order valence-electron chi connectivity index (χ3n) is 2.01. The Morgan fingerprint density at radius 3 is 2.67 bits per heavy atom. The fraction of sp³-hybridized carbons (Fsp3) is 0.231. The lowest BCUT2D eigenvalue weighted by atomic mass is 10.2. The molecular weight excluding hydrogens is 234 g/mol. The molecule has 5 nitrogen and oxygen atoms in total. The van der Waals surface area contributed by atoms with Gasteiger partial charge in [-0.3, -0.25) is 10.1 Å². The van der Waals surface area contributed by atoms with Gasteiger partial charge in [0.1, 0.15) is 0 Å². The number of carbonyl (C=O) groups is 2. The Bertz CT molecular complexity index is 414. The number of alkyl carbamates (subject to hydrolysis) is 1. The van der Waals surface area contributed by atoms with Crippen molar-refractivity contribution in [2.24, 2.45) is 0 Å². The first-order valence-corrected chi connectivity index (χ1v) is 5.39. The lowest BCUT2D eigenvalue weighted by Crippen LogP contribution is -2.28. The number of carbonyl (C=O) groups excluding carboxylic acids is 2. The molecule has 1 N–H and O–H groups in total. The Morgan fingerprint density at radius 2 is 2.00 bits per heavy atom. The molecule has 0 saturated carbocycles. The number of nitrogens with one attached hydrogen (secondary N) is 1. The standard InChI is InChI=1S/C13H15NO4/c1-17-13(16)14-12(15)8-5-9-18-10-11-6-3-2-4-7-11/h2-8H,9-10H2,1H3,(H,14,15,16)/b8-5+. The third kappa shape index (κ3) is 5.81. The summed E-state index contributed by atoms with van der Waals surface area (Å²) in [7, 11) is 1.19. The highest BCUT2D eigenvalue weighted by Crippen LogP contribution is 1.99. The number of imide groups is 1. The molecule has 1 rings (SSSR count). The van der Waals surface area contributed by atoms with Crippen LogP contribution in [0.15, 0.2) is 42.5 Å². The van der Waals surface area contributed by atoms with Gasteiger partial charge in [0.15, 0.2) is 0 Å². The Balaban J connectivity index is 2.17. The van der Waals surface area contributed by atoms with Crippen molar-refractivity contribution in [3.8, 4) is 0 Å². The zero-order valence-corrected chi connectivity index (χ0v) is 10.1. The van der Waals surface area contributed by atoms with Crippen LogP contribution in [-0.2, 0) is 20.9 Å². The van der Waals surface area contributed by atoms with E-state index in [1.165, 1.54) is 19.3 Å². The van der Waals surface area contributed by atoms with Crippen LogP contribution in [0.2, 0.25) is 0 Å². The maximum atomic E-state index is 11.1. The monoisotopic (exact) mass is 249 g/mol. The van der Waals surface area contributed by atoms with E-state index >= 15 is 0 Å². The lowest BCUT2D eigenvalue weighted by Gasteiger charge is -2.01. The van der Waals surface area contributed by atoms with Crippen LogP contribution in [0.1, 0.15) is 5.56 Å². The van der Waals surface area contributed by atoms with E-state index in [4.69, 9.17) is 4.74 Å². The Kier molecular flexibility index (Phi) is 6.21. The van der Waals surface area contributed by atoms with E-state index in [2.05, 4.69) is 4.74 Å². The van der Waals surface area contributed by atoms with Crippen LogP contribution < -0.4 is 5.32 Å². The summed E-state index contributed by atoms with van der Waals surface area (Å²) in [6.07, 6.45) is 1.97. The minimum absolute atomic E-state index is 0.295. The van der Waals surface area contributed by atoms with Crippen molar-refractivity contribution >= 4 is 12.0 Å². The highest BCUT2D eigenvalue weighted by Gasteiger charge is 2.01. The molecule has 2 amide bonds. The van der Waals surface area contributed by atoms with Crippen molar-refractivity contribution in [1.29, 1.82) is 0 Å². The zero-order valence-electron chi connectivity index (χ0n) is 10.1. The second-order valence-electron chi connectivity index (χ2n) is 3.38. The van der Waals surface area contributed by atoms with E-state index in [0.717, 1.165) is 5.56 Å². The second kappa shape index (κ2) is 8.03. The molecule has 0 fully saturated rings. The number of hydrogen-bond acceptors (Lipinski definition) is 4. The molecule has 0 bridgehead atoms. The fourth-order valence-electron chi connectivity index (χ4n) is 1.17. The van der Waals surface area contributed by atoms with Gasteiger partial charge in [0.2, 0.25) is 0 Å². The number of hydrogen-bond donors (Lipinski definition) is 1. The van der Waals surface area contributed by atoms with Crippen LogP contribution in [-0.4, -0.2) is 25.7 Å². The van der Waals surface area contributed by atoms with Crippen molar-refractivity contribution in [2.75, 3.05) is 13.7 Å².